The van der Waals surface area contributed by atoms with E-state index >= 15 is 4.39 Å². The highest BCUT2D eigenvalue weighted by Crippen LogP contribution is 2.34. The molecule has 220 valence electrons. The van der Waals surface area contributed by atoms with E-state index in [1.165, 1.54) is 21.4 Å². The van der Waals surface area contributed by atoms with Crippen molar-refractivity contribution >= 4 is 22.8 Å². The van der Waals surface area contributed by atoms with E-state index in [1.807, 2.05) is 13.8 Å². The second-order valence-electron chi connectivity index (χ2n) is 10.7. The number of anilines is 1. The number of aryl methyl sites for hydroxylation is 1. The SMILES string of the molecule is C=CC(=O)N1CCN(c2nc(=O)n3c4nc(c(F)cc24)-n2nncc2CCCOc2ccnc(C(C)C)c2-3)CC1CC#N. The third-order valence-electron chi connectivity index (χ3n) is 7.69. The number of carbonyl (C=O) groups is 1. The summed E-state index contributed by atoms with van der Waals surface area (Å²) in [5.74, 6) is -0.538. The van der Waals surface area contributed by atoms with Crippen LogP contribution in [0.1, 0.15) is 44.0 Å². The molecular weight excluding hydrogens is 555 g/mol. The Morgan fingerprint density at radius 3 is 2.91 bits per heavy atom. The number of hydrogen-bond acceptors (Lipinski definition) is 10. The number of aromatic nitrogens is 7. The number of fused-ring (bicyclic) bond motifs is 5. The molecule has 4 aromatic heterocycles. The quantitative estimate of drug-likeness (QED) is 0.328. The lowest BCUT2D eigenvalue weighted by Crippen LogP contribution is -2.55. The Morgan fingerprint density at radius 1 is 1.30 bits per heavy atom. The van der Waals surface area contributed by atoms with Gasteiger partial charge in [-0.25, -0.2) is 18.7 Å². The first kappa shape index (κ1) is 28.0. The monoisotopic (exact) mass is 584 g/mol. The van der Waals surface area contributed by atoms with Gasteiger partial charge in [0.1, 0.15) is 17.3 Å². The molecular formula is C29H29FN10O3. The van der Waals surface area contributed by atoms with Crippen molar-refractivity contribution in [3.63, 3.8) is 0 Å². The Morgan fingerprint density at radius 2 is 2.14 bits per heavy atom. The van der Waals surface area contributed by atoms with Crippen molar-refractivity contribution in [3.05, 3.63) is 64.9 Å². The maximum Gasteiger partial charge on any atom is 0.356 e. The number of piperazine rings is 1. The van der Waals surface area contributed by atoms with Crippen LogP contribution < -0.4 is 15.3 Å². The van der Waals surface area contributed by atoms with Crippen molar-refractivity contribution in [2.45, 2.75) is 45.1 Å². The number of amides is 1. The summed E-state index contributed by atoms with van der Waals surface area (Å²) >= 11 is 0. The van der Waals surface area contributed by atoms with Crippen molar-refractivity contribution in [3.8, 4) is 23.3 Å². The van der Waals surface area contributed by atoms with Crippen LogP contribution in [-0.4, -0.2) is 77.6 Å². The van der Waals surface area contributed by atoms with Gasteiger partial charge in [0, 0.05) is 31.9 Å². The minimum atomic E-state index is -0.676. The largest absolute Gasteiger partial charge is 0.491 e. The molecule has 14 heteroatoms. The standard InChI is InChI=1S/C29H29FN10O3/c1-4-23(41)38-12-11-37(16-19(38)7-9-31)26-20-14-21(30)28-34-27(20)39(29(42)35-26)25-22(8-10-32-24(25)17(2)3)43-13-5-6-18-15-33-36-40(18)28/h4,8,10,14-15,17,19H,1,5-7,11-13,16H2,2-3H3. The smallest absolute Gasteiger partial charge is 0.356 e. The molecule has 1 amide bonds. The molecule has 0 aromatic carbocycles. The molecule has 0 aliphatic carbocycles. The minimum Gasteiger partial charge on any atom is -0.491 e. The van der Waals surface area contributed by atoms with Gasteiger partial charge in [0.15, 0.2) is 17.3 Å². The molecule has 0 N–H and O–H groups in total. The Kier molecular flexibility index (Phi) is 7.31. The summed E-state index contributed by atoms with van der Waals surface area (Å²) < 4.78 is 24.8. The van der Waals surface area contributed by atoms with Gasteiger partial charge in [-0.1, -0.05) is 25.6 Å². The summed E-state index contributed by atoms with van der Waals surface area (Å²) in [6.07, 6.45) is 5.54. The number of hydrogen-bond donors (Lipinski definition) is 0. The first-order chi connectivity index (χ1) is 20.8. The predicted molar refractivity (Wildman–Crippen MR) is 154 cm³/mol. The molecule has 2 bridgehead atoms. The van der Waals surface area contributed by atoms with Gasteiger partial charge in [-0.15, -0.1) is 5.10 Å². The fourth-order valence-electron chi connectivity index (χ4n) is 5.68. The van der Waals surface area contributed by atoms with E-state index in [0.29, 0.717) is 48.8 Å². The van der Waals surface area contributed by atoms with E-state index in [-0.39, 0.29) is 54.0 Å². The Balaban J connectivity index is 1.63. The molecule has 43 heavy (non-hydrogen) atoms. The second kappa shape index (κ2) is 11.2. The average molecular weight is 585 g/mol. The van der Waals surface area contributed by atoms with Gasteiger partial charge in [-0.3, -0.25) is 9.78 Å². The lowest BCUT2D eigenvalue weighted by Gasteiger charge is -2.41. The topological polar surface area (TPSA) is 148 Å². The zero-order chi connectivity index (χ0) is 30.2. The number of halogens is 1. The molecule has 2 aliphatic rings. The normalized spacial score (nSPS) is 16.6. The van der Waals surface area contributed by atoms with Crippen LogP contribution in [0.15, 0.2) is 42.0 Å². The highest BCUT2D eigenvalue weighted by Gasteiger charge is 2.33. The Hall–Kier alpha value is -5.19. The molecule has 0 spiro atoms. The van der Waals surface area contributed by atoms with Crippen LogP contribution in [0.3, 0.4) is 0 Å². The molecule has 1 atom stereocenters. The highest BCUT2D eigenvalue weighted by atomic mass is 19.1. The van der Waals surface area contributed by atoms with Crippen LogP contribution in [-0.2, 0) is 11.2 Å². The van der Waals surface area contributed by atoms with Crippen molar-refractivity contribution < 1.29 is 13.9 Å². The summed E-state index contributed by atoms with van der Waals surface area (Å²) in [5.41, 5.74) is 1.09. The molecule has 1 fully saturated rings. The van der Waals surface area contributed by atoms with E-state index < -0.39 is 17.5 Å². The molecule has 1 saturated heterocycles. The number of rotatable bonds is 4. The Bertz CT molecular complexity index is 1840. The van der Waals surface area contributed by atoms with E-state index in [9.17, 15) is 14.9 Å². The first-order valence-electron chi connectivity index (χ1n) is 14.0. The van der Waals surface area contributed by atoms with Crippen molar-refractivity contribution in [1.82, 2.24) is 39.4 Å². The summed E-state index contributed by atoms with van der Waals surface area (Å²) in [6, 6.07) is 4.62. The minimum absolute atomic E-state index is 0.0606. The maximum atomic E-state index is 16.0. The fourth-order valence-corrected chi connectivity index (χ4v) is 5.68. The van der Waals surface area contributed by atoms with Crippen LogP contribution in [0.5, 0.6) is 5.75 Å². The van der Waals surface area contributed by atoms with Gasteiger partial charge >= 0.3 is 5.69 Å². The van der Waals surface area contributed by atoms with Crippen LogP contribution in [0.4, 0.5) is 10.2 Å². The van der Waals surface area contributed by atoms with E-state index in [1.54, 1.807) is 28.3 Å². The predicted octanol–water partition coefficient (Wildman–Crippen LogP) is 2.46. The molecule has 2 aliphatic heterocycles. The Labute approximate surface area is 245 Å². The number of nitriles is 1. The van der Waals surface area contributed by atoms with Crippen LogP contribution in [0.2, 0.25) is 0 Å². The number of nitrogens with zero attached hydrogens (tertiary/aromatic N) is 10. The van der Waals surface area contributed by atoms with Gasteiger partial charge in [-0.2, -0.15) is 14.9 Å². The van der Waals surface area contributed by atoms with E-state index in [2.05, 4.69) is 32.9 Å². The van der Waals surface area contributed by atoms with Crippen LogP contribution in [0.25, 0.3) is 22.5 Å². The molecule has 1 unspecified atom stereocenters. The summed E-state index contributed by atoms with van der Waals surface area (Å²) in [6.45, 7) is 8.55. The summed E-state index contributed by atoms with van der Waals surface area (Å²) in [7, 11) is 0. The zero-order valence-corrected chi connectivity index (χ0v) is 23.8. The molecule has 6 rings (SSSR count). The highest BCUT2D eigenvalue weighted by molar-refractivity contribution is 5.90. The average Bonchev–Trinajstić information content (AvgIpc) is 3.46. The molecule has 0 radical (unpaired) electrons. The van der Waals surface area contributed by atoms with Crippen molar-refractivity contribution in [1.29, 1.82) is 5.26 Å². The molecule has 13 nitrogen and oxygen atoms in total. The third-order valence-corrected chi connectivity index (χ3v) is 7.69. The van der Waals surface area contributed by atoms with Crippen molar-refractivity contribution in [2.75, 3.05) is 31.1 Å². The molecule has 0 saturated carbocycles. The number of ether oxygens (including phenoxy) is 1. The zero-order valence-electron chi connectivity index (χ0n) is 23.8. The lowest BCUT2D eigenvalue weighted by atomic mass is 10.1. The summed E-state index contributed by atoms with van der Waals surface area (Å²) in [5, 5.41) is 17.8. The third kappa shape index (κ3) is 4.86. The van der Waals surface area contributed by atoms with Crippen LogP contribution in [0, 0.1) is 17.1 Å². The fraction of sp³-hybridized carbons (Fsp3) is 0.379. The van der Waals surface area contributed by atoms with Crippen molar-refractivity contribution in [2.24, 2.45) is 0 Å². The number of carbonyl (C=O) groups excluding carboxylic acids is 1. The second-order valence-corrected chi connectivity index (χ2v) is 10.7. The van der Waals surface area contributed by atoms with Gasteiger partial charge in [-0.05, 0) is 30.9 Å². The van der Waals surface area contributed by atoms with Gasteiger partial charge < -0.3 is 14.5 Å². The number of pyridine rings is 2. The van der Waals surface area contributed by atoms with E-state index in [0.717, 1.165) is 0 Å². The summed E-state index contributed by atoms with van der Waals surface area (Å²) in [4.78, 5) is 43.6. The molecule has 6 heterocycles. The van der Waals surface area contributed by atoms with Gasteiger partial charge in [0.2, 0.25) is 5.91 Å². The van der Waals surface area contributed by atoms with Gasteiger partial charge in [0.25, 0.3) is 0 Å². The first-order valence-corrected chi connectivity index (χ1v) is 14.0. The molecule has 4 aromatic rings. The maximum absolute atomic E-state index is 16.0. The van der Waals surface area contributed by atoms with Crippen LogP contribution >= 0.6 is 0 Å². The van der Waals surface area contributed by atoms with Gasteiger partial charge in [0.05, 0.1) is 48.1 Å². The lowest BCUT2D eigenvalue weighted by molar-refractivity contribution is -0.128. The van der Waals surface area contributed by atoms with E-state index in [4.69, 9.17) is 9.72 Å².